The van der Waals surface area contributed by atoms with E-state index < -0.39 is 12.0 Å². The molecule has 1 aromatic rings. The van der Waals surface area contributed by atoms with E-state index in [1.54, 1.807) is 12.1 Å². The Morgan fingerprint density at radius 3 is 2.62 bits per heavy atom. The highest BCUT2D eigenvalue weighted by Crippen LogP contribution is 2.27. The van der Waals surface area contributed by atoms with Crippen molar-refractivity contribution < 1.29 is 14.7 Å². The summed E-state index contributed by atoms with van der Waals surface area (Å²) in [6.45, 7) is -0.293. The Kier molecular flexibility index (Phi) is 5.69. The Balaban J connectivity index is 2.11. The largest absolute Gasteiger partial charge is 0.480 e. The number of hydrogen-bond donors (Lipinski definition) is 2. The average Bonchev–Trinajstić information content (AvgIpc) is 2.92. The molecule has 1 aliphatic rings. The van der Waals surface area contributed by atoms with Crippen molar-refractivity contribution in [3.8, 4) is 0 Å². The topological polar surface area (TPSA) is 69.6 Å². The molecule has 1 aromatic carbocycles. The van der Waals surface area contributed by atoms with Gasteiger partial charge in [0.1, 0.15) is 6.54 Å². The predicted molar refractivity (Wildman–Crippen MR) is 89.8 cm³/mol. The number of nitrogens with one attached hydrogen (secondary N) is 1. The van der Waals surface area contributed by atoms with E-state index >= 15 is 0 Å². The molecule has 114 valence electrons. The zero-order valence-electron chi connectivity index (χ0n) is 11.3. The van der Waals surface area contributed by atoms with Crippen molar-refractivity contribution in [2.75, 3.05) is 11.9 Å². The lowest BCUT2D eigenvalue weighted by atomic mass is 10.2. The van der Waals surface area contributed by atoms with Crippen molar-refractivity contribution in [1.82, 2.24) is 4.90 Å². The molecule has 0 aromatic heterocycles. The summed E-state index contributed by atoms with van der Waals surface area (Å²) in [5.74, 6) is -1.01. The number of carbonyl (C=O) groups excluding carboxylic acids is 1. The first-order valence-electron chi connectivity index (χ1n) is 6.72. The number of anilines is 1. The summed E-state index contributed by atoms with van der Waals surface area (Å²) in [6.07, 6.45) is 3.75. The Bertz CT molecular complexity index is 547. The van der Waals surface area contributed by atoms with Gasteiger partial charge in [-0.25, -0.2) is 4.79 Å². The molecule has 2 rings (SSSR count). The molecule has 0 aliphatic heterocycles. The number of nitrogens with zero attached hydrogens (tertiary/aromatic N) is 1. The minimum absolute atomic E-state index is 0.0104. The number of rotatable bonds is 4. The second-order valence-corrected chi connectivity index (χ2v) is 6.67. The molecule has 1 aliphatic carbocycles. The van der Waals surface area contributed by atoms with Gasteiger partial charge in [0, 0.05) is 9.61 Å². The van der Waals surface area contributed by atoms with Crippen molar-refractivity contribution in [1.29, 1.82) is 0 Å². The van der Waals surface area contributed by atoms with Gasteiger partial charge in [0.25, 0.3) is 0 Å². The molecular formula is C14H16ClIN2O3. The number of hydrogen-bond acceptors (Lipinski definition) is 2. The molecule has 1 fully saturated rings. The van der Waals surface area contributed by atoms with Crippen molar-refractivity contribution in [3.05, 3.63) is 26.8 Å². The summed E-state index contributed by atoms with van der Waals surface area (Å²) < 4.78 is 0.966. The molecule has 2 amide bonds. The number of amides is 2. The van der Waals surface area contributed by atoms with Crippen LogP contribution in [0.3, 0.4) is 0 Å². The molecule has 7 heteroatoms. The maximum atomic E-state index is 12.4. The number of halogens is 2. The fourth-order valence-electron chi connectivity index (χ4n) is 2.51. The Morgan fingerprint density at radius 2 is 2.05 bits per heavy atom. The molecule has 0 bridgehead atoms. The molecule has 0 unspecified atom stereocenters. The quantitative estimate of drug-likeness (QED) is 0.725. The van der Waals surface area contributed by atoms with Gasteiger partial charge in [-0.1, -0.05) is 24.4 Å². The van der Waals surface area contributed by atoms with Crippen LogP contribution in [-0.4, -0.2) is 34.6 Å². The second kappa shape index (κ2) is 7.31. The normalized spacial score (nSPS) is 15.0. The van der Waals surface area contributed by atoms with Gasteiger partial charge in [-0.3, -0.25) is 4.79 Å². The van der Waals surface area contributed by atoms with Crippen molar-refractivity contribution in [2.45, 2.75) is 31.7 Å². The summed E-state index contributed by atoms with van der Waals surface area (Å²) in [7, 11) is 0. The SMILES string of the molecule is O=C(O)CN(C(=O)Nc1ccc(I)cc1Cl)C1CCCC1. The summed E-state index contributed by atoms with van der Waals surface area (Å²) >= 11 is 8.22. The Hall–Kier alpha value is -1.02. The monoisotopic (exact) mass is 422 g/mol. The summed E-state index contributed by atoms with van der Waals surface area (Å²) in [5, 5.41) is 12.2. The van der Waals surface area contributed by atoms with Crippen molar-refractivity contribution in [3.63, 3.8) is 0 Å². The van der Waals surface area contributed by atoms with Crippen LogP contribution in [-0.2, 0) is 4.79 Å². The third kappa shape index (κ3) is 4.47. The van der Waals surface area contributed by atoms with Crippen LogP contribution in [0.5, 0.6) is 0 Å². The molecule has 0 radical (unpaired) electrons. The van der Waals surface area contributed by atoms with Crippen LogP contribution in [0.15, 0.2) is 18.2 Å². The first-order valence-corrected chi connectivity index (χ1v) is 8.17. The molecular weight excluding hydrogens is 407 g/mol. The van der Waals surface area contributed by atoms with E-state index in [4.69, 9.17) is 16.7 Å². The van der Waals surface area contributed by atoms with Crippen LogP contribution in [0, 0.1) is 3.57 Å². The highest BCUT2D eigenvalue weighted by Gasteiger charge is 2.28. The standard InChI is InChI=1S/C14H16ClIN2O3/c15-11-7-9(16)5-6-12(11)17-14(21)18(8-13(19)20)10-3-1-2-4-10/h5-7,10H,1-4,8H2,(H,17,21)(H,19,20). The van der Waals surface area contributed by atoms with Gasteiger partial charge in [0.15, 0.2) is 0 Å². The lowest BCUT2D eigenvalue weighted by Gasteiger charge is -2.27. The van der Waals surface area contributed by atoms with E-state index in [0.29, 0.717) is 10.7 Å². The zero-order valence-corrected chi connectivity index (χ0v) is 14.2. The first kappa shape index (κ1) is 16.4. The molecule has 5 nitrogen and oxygen atoms in total. The lowest BCUT2D eigenvalue weighted by Crippen LogP contribution is -2.44. The van der Waals surface area contributed by atoms with Crippen LogP contribution >= 0.6 is 34.2 Å². The van der Waals surface area contributed by atoms with Gasteiger partial charge in [0.05, 0.1) is 10.7 Å². The van der Waals surface area contributed by atoms with Gasteiger partial charge in [-0.15, -0.1) is 0 Å². The molecule has 0 saturated heterocycles. The maximum absolute atomic E-state index is 12.4. The maximum Gasteiger partial charge on any atom is 0.323 e. The minimum Gasteiger partial charge on any atom is -0.480 e. The van der Waals surface area contributed by atoms with Crippen LogP contribution < -0.4 is 5.32 Å². The summed E-state index contributed by atoms with van der Waals surface area (Å²) in [6, 6.07) is 4.87. The number of carbonyl (C=O) groups is 2. The van der Waals surface area contributed by atoms with E-state index in [1.165, 1.54) is 4.90 Å². The first-order chi connectivity index (χ1) is 9.97. The third-order valence-electron chi connectivity index (χ3n) is 3.50. The molecule has 0 heterocycles. The number of benzene rings is 1. The third-order valence-corrected chi connectivity index (χ3v) is 4.49. The van der Waals surface area contributed by atoms with Gasteiger partial charge in [0.2, 0.25) is 0 Å². The smallest absolute Gasteiger partial charge is 0.323 e. The van der Waals surface area contributed by atoms with Crippen LogP contribution in [0.4, 0.5) is 10.5 Å². The zero-order chi connectivity index (χ0) is 15.4. The van der Waals surface area contributed by atoms with E-state index in [2.05, 4.69) is 27.9 Å². The molecule has 1 saturated carbocycles. The fourth-order valence-corrected chi connectivity index (χ4v) is 3.41. The predicted octanol–water partition coefficient (Wildman–Crippen LogP) is 3.81. The van der Waals surface area contributed by atoms with E-state index in [0.717, 1.165) is 29.3 Å². The Morgan fingerprint density at radius 1 is 1.38 bits per heavy atom. The highest BCUT2D eigenvalue weighted by molar-refractivity contribution is 14.1. The fraction of sp³-hybridized carbons (Fsp3) is 0.429. The molecule has 2 N–H and O–H groups in total. The molecule has 21 heavy (non-hydrogen) atoms. The van der Waals surface area contributed by atoms with E-state index in [9.17, 15) is 9.59 Å². The van der Waals surface area contributed by atoms with Gasteiger partial charge >= 0.3 is 12.0 Å². The summed E-state index contributed by atoms with van der Waals surface area (Å²) in [4.78, 5) is 24.7. The summed E-state index contributed by atoms with van der Waals surface area (Å²) in [5.41, 5.74) is 0.496. The van der Waals surface area contributed by atoms with E-state index in [-0.39, 0.29) is 12.6 Å². The highest BCUT2D eigenvalue weighted by atomic mass is 127. The van der Waals surface area contributed by atoms with Crippen LogP contribution in [0.2, 0.25) is 5.02 Å². The van der Waals surface area contributed by atoms with Gasteiger partial charge in [-0.05, 0) is 53.6 Å². The average molecular weight is 423 g/mol. The van der Waals surface area contributed by atoms with Crippen LogP contribution in [0.1, 0.15) is 25.7 Å². The van der Waals surface area contributed by atoms with Crippen LogP contribution in [0.25, 0.3) is 0 Å². The molecule has 0 atom stereocenters. The minimum atomic E-state index is -1.01. The Labute approximate surface area is 141 Å². The number of carboxylic acid groups (broad SMARTS) is 1. The number of aliphatic carboxylic acids is 1. The lowest BCUT2D eigenvalue weighted by molar-refractivity contribution is -0.138. The molecule has 0 spiro atoms. The van der Waals surface area contributed by atoms with Crippen molar-refractivity contribution in [2.24, 2.45) is 0 Å². The van der Waals surface area contributed by atoms with Gasteiger partial charge < -0.3 is 15.3 Å². The van der Waals surface area contributed by atoms with Gasteiger partial charge in [-0.2, -0.15) is 0 Å². The van der Waals surface area contributed by atoms with Crippen molar-refractivity contribution >= 4 is 51.9 Å². The number of urea groups is 1. The van der Waals surface area contributed by atoms with E-state index in [1.807, 2.05) is 6.07 Å². The number of carboxylic acids is 1. The second-order valence-electron chi connectivity index (χ2n) is 5.01.